The molecular weight excluding hydrogens is 228 g/mol. The van der Waals surface area contributed by atoms with Gasteiger partial charge in [-0.3, -0.25) is 0 Å². The number of hydrogen-bond donors (Lipinski definition) is 0. The highest BCUT2D eigenvalue weighted by molar-refractivity contribution is 4.86. The minimum Gasteiger partial charge on any atom is -0.103 e. The minimum absolute atomic E-state index is 0.428. The van der Waals surface area contributed by atoms with Gasteiger partial charge in [-0.25, -0.2) is 0 Å². The van der Waals surface area contributed by atoms with Gasteiger partial charge < -0.3 is 0 Å². The van der Waals surface area contributed by atoms with Crippen LogP contribution in [0.1, 0.15) is 85.5 Å². The lowest BCUT2D eigenvalue weighted by atomic mass is 9.63. The summed E-state index contributed by atoms with van der Waals surface area (Å²) in [4.78, 5) is 0. The average molecular weight is 264 g/mol. The molecule has 0 unspecified atom stereocenters. The van der Waals surface area contributed by atoms with E-state index in [4.69, 9.17) is 0 Å². The molecular formula is C19H36. The molecule has 0 N–H and O–H groups in total. The summed E-state index contributed by atoms with van der Waals surface area (Å²) in [7, 11) is 0. The second-order valence-electron chi connectivity index (χ2n) is 7.19. The van der Waals surface area contributed by atoms with E-state index in [-0.39, 0.29) is 0 Å². The molecule has 19 heavy (non-hydrogen) atoms. The van der Waals surface area contributed by atoms with Gasteiger partial charge in [-0.15, -0.1) is 13.2 Å². The van der Waals surface area contributed by atoms with E-state index in [2.05, 4.69) is 40.9 Å². The largest absolute Gasteiger partial charge is 0.103 e. The fourth-order valence-electron chi connectivity index (χ4n) is 2.57. The lowest BCUT2D eigenvalue weighted by molar-refractivity contribution is 0.0826. The van der Waals surface area contributed by atoms with E-state index >= 15 is 0 Å². The van der Waals surface area contributed by atoms with E-state index in [9.17, 15) is 0 Å². The normalized spacial score (nSPS) is 12.4. The molecule has 0 atom stereocenters. The molecule has 0 heteroatoms. The average Bonchev–Trinajstić information content (AvgIpc) is 2.33. The Bertz CT molecular complexity index is 245. The van der Waals surface area contributed by atoms with Gasteiger partial charge in [-0.1, -0.05) is 59.1 Å². The highest BCUT2D eigenvalue weighted by Gasteiger charge is 2.35. The van der Waals surface area contributed by atoms with Crippen LogP contribution in [0, 0.1) is 10.8 Å². The molecule has 0 spiro atoms. The second kappa shape index (κ2) is 9.39. The summed E-state index contributed by atoms with van der Waals surface area (Å²) in [6.45, 7) is 17.4. The summed E-state index contributed by atoms with van der Waals surface area (Å²) in [6, 6.07) is 0. The van der Waals surface area contributed by atoms with Crippen LogP contribution in [0.3, 0.4) is 0 Å². The summed E-state index contributed by atoms with van der Waals surface area (Å²) in [6.07, 6.45) is 15.8. The first-order valence-corrected chi connectivity index (χ1v) is 8.09. The maximum Gasteiger partial charge on any atom is -0.0303 e. The van der Waals surface area contributed by atoms with Gasteiger partial charge in [0.15, 0.2) is 0 Å². The summed E-state index contributed by atoms with van der Waals surface area (Å²) in [5, 5.41) is 0. The lowest BCUT2D eigenvalue weighted by Crippen LogP contribution is -2.32. The van der Waals surface area contributed by atoms with Crippen molar-refractivity contribution in [3.05, 3.63) is 25.3 Å². The van der Waals surface area contributed by atoms with Gasteiger partial charge in [0, 0.05) is 0 Å². The molecule has 0 aromatic carbocycles. The molecule has 0 radical (unpaired) electrons. The zero-order valence-electron chi connectivity index (χ0n) is 13.9. The van der Waals surface area contributed by atoms with Crippen LogP contribution in [0.4, 0.5) is 0 Å². The Morgan fingerprint density at radius 3 is 1.58 bits per heavy atom. The van der Waals surface area contributed by atoms with Gasteiger partial charge in [0.25, 0.3) is 0 Å². The van der Waals surface area contributed by atoms with E-state index in [0.29, 0.717) is 10.8 Å². The van der Waals surface area contributed by atoms with Gasteiger partial charge in [0.2, 0.25) is 0 Å². The van der Waals surface area contributed by atoms with E-state index in [0.717, 1.165) is 6.42 Å². The van der Waals surface area contributed by atoms with Gasteiger partial charge in [-0.05, 0) is 49.4 Å². The predicted octanol–water partition coefficient (Wildman–Crippen LogP) is 6.92. The SMILES string of the molecule is C=CCCCCCCC(C)(C)C(C)(C)CCCC=C. The van der Waals surface area contributed by atoms with Gasteiger partial charge in [0.1, 0.15) is 0 Å². The molecule has 0 heterocycles. The number of rotatable bonds is 12. The molecule has 0 bridgehead atoms. The Morgan fingerprint density at radius 1 is 0.632 bits per heavy atom. The Morgan fingerprint density at radius 2 is 1.05 bits per heavy atom. The molecule has 112 valence electrons. The van der Waals surface area contributed by atoms with Gasteiger partial charge >= 0.3 is 0 Å². The molecule has 0 rings (SSSR count). The monoisotopic (exact) mass is 264 g/mol. The molecule has 0 saturated heterocycles. The van der Waals surface area contributed by atoms with Crippen molar-refractivity contribution in [2.24, 2.45) is 10.8 Å². The van der Waals surface area contributed by atoms with Crippen molar-refractivity contribution in [1.82, 2.24) is 0 Å². The van der Waals surface area contributed by atoms with Crippen molar-refractivity contribution in [2.45, 2.75) is 85.5 Å². The number of hydrogen-bond acceptors (Lipinski definition) is 0. The Hall–Kier alpha value is -0.520. The highest BCUT2D eigenvalue weighted by atomic mass is 14.4. The maximum absolute atomic E-state index is 3.82. The third-order valence-corrected chi connectivity index (χ3v) is 5.00. The van der Waals surface area contributed by atoms with Crippen molar-refractivity contribution in [3.63, 3.8) is 0 Å². The van der Waals surface area contributed by atoms with Gasteiger partial charge in [-0.2, -0.15) is 0 Å². The van der Waals surface area contributed by atoms with Crippen LogP contribution in [0.2, 0.25) is 0 Å². The van der Waals surface area contributed by atoms with E-state index in [1.165, 1.54) is 51.4 Å². The first kappa shape index (κ1) is 18.5. The molecule has 0 aromatic heterocycles. The fourth-order valence-corrected chi connectivity index (χ4v) is 2.57. The standard InChI is InChI=1S/C19H36/c1-7-9-11-12-13-15-17-19(5,6)18(3,4)16-14-10-8-2/h7-8H,1-2,9-17H2,3-6H3. The minimum atomic E-state index is 0.428. The topological polar surface area (TPSA) is 0 Å². The predicted molar refractivity (Wildman–Crippen MR) is 89.5 cm³/mol. The van der Waals surface area contributed by atoms with Crippen LogP contribution in [-0.2, 0) is 0 Å². The second-order valence-corrected chi connectivity index (χ2v) is 7.19. The number of unbranched alkanes of at least 4 members (excludes halogenated alkanes) is 5. The molecule has 0 aromatic rings. The quantitative estimate of drug-likeness (QED) is 0.265. The Kier molecular flexibility index (Phi) is 9.14. The van der Waals surface area contributed by atoms with Crippen molar-refractivity contribution in [3.8, 4) is 0 Å². The van der Waals surface area contributed by atoms with Crippen LogP contribution in [-0.4, -0.2) is 0 Å². The zero-order chi connectivity index (χ0) is 14.8. The Labute approximate surface area is 122 Å². The third kappa shape index (κ3) is 7.60. The lowest BCUT2D eigenvalue weighted by Gasteiger charge is -2.42. The smallest absolute Gasteiger partial charge is 0.0303 e. The van der Waals surface area contributed by atoms with Crippen LogP contribution >= 0.6 is 0 Å². The van der Waals surface area contributed by atoms with E-state index in [1.54, 1.807) is 0 Å². The van der Waals surface area contributed by atoms with Gasteiger partial charge in [0.05, 0.1) is 0 Å². The van der Waals surface area contributed by atoms with Crippen molar-refractivity contribution in [2.75, 3.05) is 0 Å². The van der Waals surface area contributed by atoms with Crippen molar-refractivity contribution >= 4 is 0 Å². The third-order valence-electron chi connectivity index (χ3n) is 5.00. The first-order valence-electron chi connectivity index (χ1n) is 8.09. The summed E-state index contributed by atoms with van der Waals surface area (Å²) in [5.41, 5.74) is 0.865. The molecule has 0 aliphatic rings. The summed E-state index contributed by atoms with van der Waals surface area (Å²) in [5.74, 6) is 0. The zero-order valence-corrected chi connectivity index (χ0v) is 13.9. The number of allylic oxidation sites excluding steroid dienone is 2. The molecule has 0 nitrogen and oxygen atoms in total. The van der Waals surface area contributed by atoms with Crippen molar-refractivity contribution < 1.29 is 0 Å². The van der Waals surface area contributed by atoms with Crippen LogP contribution in [0.5, 0.6) is 0 Å². The fraction of sp³-hybridized carbons (Fsp3) is 0.789. The van der Waals surface area contributed by atoms with E-state index < -0.39 is 0 Å². The highest BCUT2D eigenvalue weighted by Crippen LogP contribution is 2.45. The first-order chi connectivity index (χ1) is 8.87. The maximum atomic E-state index is 3.82. The van der Waals surface area contributed by atoms with Crippen LogP contribution < -0.4 is 0 Å². The van der Waals surface area contributed by atoms with Crippen LogP contribution in [0.25, 0.3) is 0 Å². The molecule has 0 aliphatic heterocycles. The molecule has 0 aliphatic carbocycles. The van der Waals surface area contributed by atoms with Crippen molar-refractivity contribution in [1.29, 1.82) is 0 Å². The Balaban J connectivity index is 3.98. The molecule has 0 fully saturated rings. The molecule has 0 saturated carbocycles. The summed E-state index contributed by atoms with van der Waals surface area (Å²) < 4.78 is 0. The molecule has 0 amide bonds. The van der Waals surface area contributed by atoms with E-state index in [1.807, 2.05) is 12.2 Å². The summed E-state index contributed by atoms with van der Waals surface area (Å²) >= 11 is 0. The van der Waals surface area contributed by atoms with Crippen LogP contribution in [0.15, 0.2) is 25.3 Å².